The molecule has 0 aliphatic carbocycles. The molecule has 0 bridgehead atoms. The summed E-state index contributed by atoms with van der Waals surface area (Å²) in [4.78, 5) is 9.94. The average Bonchev–Trinajstić information content (AvgIpc) is 1.90. The van der Waals surface area contributed by atoms with Crippen molar-refractivity contribution in [2.24, 2.45) is 0 Å². The molecule has 0 aromatic heterocycles. The second-order valence-corrected chi connectivity index (χ2v) is 1.28. The van der Waals surface area contributed by atoms with Gasteiger partial charge in [-0.05, 0) is 13.8 Å². The maximum Gasteiger partial charge on any atom is 0.331 e. The zero-order chi connectivity index (χ0) is 8.41. The molecule has 0 fully saturated rings. The molecule has 10 heavy (non-hydrogen) atoms. The van der Waals surface area contributed by atoms with E-state index in [2.05, 4.69) is 4.74 Å². The smallest absolute Gasteiger partial charge is 0.331 e. The van der Waals surface area contributed by atoms with Gasteiger partial charge in [0.2, 0.25) is 0 Å². The SMILES string of the molecule is CCO.CCOC(=O)CO. The van der Waals surface area contributed by atoms with Gasteiger partial charge in [0.05, 0.1) is 6.61 Å². The van der Waals surface area contributed by atoms with Crippen molar-refractivity contribution < 1.29 is 19.7 Å². The van der Waals surface area contributed by atoms with E-state index in [-0.39, 0.29) is 6.61 Å². The molecule has 62 valence electrons. The molecule has 0 aliphatic heterocycles. The van der Waals surface area contributed by atoms with Gasteiger partial charge in [-0.2, -0.15) is 0 Å². The fourth-order valence-electron chi connectivity index (χ4n) is 0.207. The average molecular weight is 150 g/mol. The van der Waals surface area contributed by atoms with Gasteiger partial charge < -0.3 is 14.9 Å². The Morgan fingerprint density at radius 1 is 1.40 bits per heavy atom. The number of hydrogen-bond donors (Lipinski definition) is 2. The van der Waals surface area contributed by atoms with Crippen LogP contribution in [-0.2, 0) is 9.53 Å². The van der Waals surface area contributed by atoms with Gasteiger partial charge in [-0.3, -0.25) is 0 Å². The summed E-state index contributed by atoms with van der Waals surface area (Å²) in [5.74, 6) is -0.567. The van der Waals surface area contributed by atoms with E-state index >= 15 is 0 Å². The molecular formula is C6H14O4. The van der Waals surface area contributed by atoms with Crippen LogP contribution >= 0.6 is 0 Å². The number of hydrogen-bond acceptors (Lipinski definition) is 4. The van der Waals surface area contributed by atoms with E-state index in [9.17, 15) is 4.79 Å². The Bertz CT molecular complexity index is 72.1. The Labute approximate surface area is 60.4 Å². The van der Waals surface area contributed by atoms with Crippen molar-refractivity contribution in [3.63, 3.8) is 0 Å². The van der Waals surface area contributed by atoms with E-state index in [0.29, 0.717) is 6.61 Å². The lowest BCUT2D eigenvalue weighted by Crippen LogP contribution is -2.07. The molecule has 0 aromatic rings. The van der Waals surface area contributed by atoms with Crippen LogP contribution in [-0.4, -0.2) is 36.0 Å². The Morgan fingerprint density at radius 3 is 1.90 bits per heavy atom. The van der Waals surface area contributed by atoms with Crippen molar-refractivity contribution >= 4 is 5.97 Å². The van der Waals surface area contributed by atoms with Crippen molar-refractivity contribution in [2.45, 2.75) is 13.8 Å². The van der Waals surface area contributed by atoms with Crippen LogP contribution in [0.2, 0.25) is 0 Å². The molecule has 0 rings (SSSR count). The fraction of sp³-hybridized carbons (Fsp3) is 0.833. The lowest BCUT2D eigenvalue weighted by Gasteiger charge is -1.93. The molecule has 4 nitrogen and oxygen atoms in total. The Kier molecular flexibility index (Phi) is 13.6. The molecule has 4 heteroatoms. The highest BCUT2D eigenvalue weighted by molar-refractivity contribution is 5.70. The molecule has 0 radical (unpaired) electrons. The summed E-state index contributed by atoms with van der Waals surface area (Å²) < 4.78 is 4.30. The molecule has 0 aromatic carbocycles. The zero-order valence-corrected chi connectivity index (χ0v) is 6.33. The second kappa shape index (κ2) is 11.2. The van der Waals surface area contributed by atoms with Crippen molar-refractivity contribution in [1.29, 1.82) is 0 Å². The minimum Gasteiger partial charge on any atom is -0.464 e. The first-order valence-corrected chi connectivity index (χ1v) is 3.10. The highest BCUT2D eigenvalue weighted by Gasteiger charge is 1.92. The van der Waals surface area contributed by atoms with Crippen molar-refractivity contribution in [3.8, 4) is 0 Å². The maximum absolute atomic E-state index is 9.94. The molecule has 0 saturated heterocycles. The summed E-state index contributed by atoms with van der Waals surface area (Å²) in [6.45, 7) is 3.43. The van der Waals surface area contributed by atoms with Gasteiger partial charge in [0.25, 0.3) is 0 Å². The minimum atomic E-state index is -0.567. The number of aliphatic hydroxyl groups excluding tert-OH is 2. The van der Waals surface area contributed by atoms with Gasteiger partial charge in [-0.1, -0.05) is 0 Å². The van der Waals surface area contributed by atoms with Crippen LogP contribution in [0.1, 0.15) is 13.8 Å². The second-order valence-electron chi connectivity index (χ2n) is 1.28. The van der Waals surface area contributed by atoms with Gasteiger partial charge >= 0.3 is 5.97 Å². The summed E-state index contributed by atoms with van der Waals surface area (Å²) in [5.41, 5.74) is 0. The summed E-state index contributed by atoms with van der Waals surface area (Å²) in [6, 6.07) is 0. The van der Waals surface area contributed by atoms with Gasteiger partial charge in [0.15, 0.2) is 0 Å². The summed E-state index contributed by atoms with van der Waals surface area (Å²) in [7, 11) is 0. The van der Waals surface area contributed by atoms with E-state index in [1.165, 1.54) is 0 Å². The molecule has 0 unspecified atom stereocenters. The highest BCUT2D eigenvalue weighted by atomic mass is 16.5. The van der Waals surface area contributed by atoms with Gasteiger partial charge in [-0.25, -0.2) is 4.79 Å². The van der Waals surface area contributed by atoms with Gasteiger partial charge in [0.1, 0.15) is 6.61 Å². The Morgan fingerprint density at radius 2 is 1.80 bits per heavy atom. The maximum atomic E-state index is 9.94. The fourth-order valence-corrected chi connectivity index (χ4v) is 0.207. The monoisotopic (exact) mass is 150 g/mol. The molecule has 0 heterocycles. The van der Waals surface area contributed by atoms with E-state index in [1.54, 1.807) is 13.8 Å². The first-order valence-electron chi connectivity index (χ1n) is 3.10. The standard InChI is InChI=1S/C4H8O3.C2H6O/c1-2-7-4(6)3-5;1-2-3/h5H,2-3H2,1H3;3H,2H2,1H3. The molecule has 0 spiro atoms. The lowest BCUT2D eigenvalue weighted by molar-refractivity contribution is -0.146. The number of carbonyl (C=O) groups excluding carboxylic acids is 1. The highest BCUT2D eigenvalue weighted by Crippen LogP contribution is 1.71. The van der Waals surface area contributed by atoms with Crippen LogP contribution in [0.25, 0.3) is 0 Å². The zero-order valence-electron chi connectivity index (χ0n) is 6.33. The van der Waals surface area contributed by atoms with Crippen LogP contribution < -0.4 is 0 Å². The third kappa shape index (κ3) is 15.7. The van der Waals surface area contributed by atoms with Gasteiger partial charge in [0, 0.05) is 6.61 Å². The van der Waals surface area contributed by atoms with Crippen LogP contribution in [0, 0.1) is 0 Å². The third-order valence-corrected chi connectivity index (χ3v) is 0.434. The molecular weight excluding hydrogens is 136 g/mol. The van der Waals surface area contributed by atoms with Crippen LogP contribution in [0.4, 0.5) is 0 Å². The number of ether oxygens (including phenoxy) is 1. The molecule has 0 amide bonds. The lowest BCUT2D eigenvalue weighted by atomic mass is 10.7. The number of esters is 1. The van der Waals surface area contributed by atoms with Gasteiger partial charge in [-0.15, -0.1) is 0 Å². The molecule has 0 atom stereocenters. The van der Waals surface area contributed by atoms with Crippen LogP contribution in [0.5, 0.6) is 0 Å². The number of carbonyl (C=O) groups is 1. The minimum absolute atomic E-state index is 0.250. The van der Waals surface area contributed by atoms with Crippen LogP contribution in [0.15, 0.2) is 0 Å². The molecule has 0 aliphatic rings. The number of aliphatic hydroxyl groups is 2. The summed E-state index contributed by atoms with van der Waals surface area (Å²) >= 11 is 0. The first-order chi connectivity index (χ1) is 4.72. The predicted octanol–water partition coefficient (Wildman–Crippen LogP) is -0.460. The molecule has 2 N–H and O–H groups in total. The quantitative estimate of drug-likeness (QED) is 0.523. The topological polar surface area (TPSA) is 66.8 Å². The van der Waals surface area contributed by atoms with E-state index in [1.807, 2.05) is 0 Å². The van der Waals surface area contributed by atoms with Crippen molar-refractivity contribution in [1.82, 2.24) is 0 Å². The van der Waals surface area contributed by atoms with Crippen LogP contribution in [0.3, 0.4) is 0 Å². The van der Waals surface area contributed by atoms with Crippen molar-refractivity contribution in [3.05, 3.63) is 0 Å². The van der Waals surface area contributed by atoms with E-state index < -0.39 is 12.6 Å². The predicted molar refractivity (Wildman–Crippen MR) is 36.5 cm³/mol. The van der Waals surface area contributed by atoms with E-state index in [0.717, 1.165) is 0 Å². The third-order valence-electron chi connectivity index (χ3n) is 0.434. The normalized spacial score (nSPS) is 7.60. The van der Waals surface area contributed by atoms with E-state index in [4.69, 9.17) is 10.2 Å². The summed E-state index contributed by atoms with van der Waals surface area (Å²) in [5, 5.41) is 15.6. The first kappa shape index (κ1) is 12.1. The Hall–Kier alpha value is -0.610. The number of rotatable bonds is 2. The van der Waals surface area contributed by atoms with Crippen molar-refractivity contribution in [2.75, 3.05) is 19.8 Å². The largest absolute Gasteiger partial charge is 0.464 e. The Balaban J connectivity index is 0. The molecule has 0 saturated carbocycles. The summed E-state index contributed by atoms with van der Waals surface area (Å²) in [6.07, 6.45) is 0.